The standard InChI is InChI=1S/C11H17BrN2O3S2/c1-7-5-9(18-10(7)12)19(16,17)13-6-8(15)14-11(2,3)4/h5,13H,6H2,1-4H3,(H,14,15). The third-order valence-corrected chi connectivity index (χ3v) is 6.05. The van der Waals surface area contributed by atoms with Crippen molar-refractivity contribution in [2.75, 3.05) is 6.54 Å². The summed E-state index contributed by atoms with van der Waals surface area (Å²) < 4.78 is 27.2. The highest BCUT2D eigenvalue weighted by atomic mass is 79.9. The van der Waals surface area contributed by atoms with Crippen molar-refractivity contribution < 1.29 is 13.2 Å². The van der Waals surface area contributed by atoms with Crippen LogP contribution in [-0.2, 0) is 14.8 Å². The number of sulfonamides is 1. The zero-order valence-corrected chi connectivity index (χ0v) is 14.4. The minimum Gasteiger partial charge on any atom is -0.350 e. The van der Waals surface area contributed by atoms with Crippen LogP contribution in [0.2, 0.25) is 0 Å². The molecule has 1 aromatic rings. The van der Waals surface area contributed by atoms with Crippen molar-refractivity contribution in [2.24, 2.45) is 0 Å². The van der Waals surface area contributed by atoms with Gasteiger partial charge in [-0.3, -0.25) is 4.79 Å². The Morgan fingerprint density at radius 3 is 2.42 bits per heavy atom. The summed E-state index contributed by atoms with van der Waals surface area (Å²) in [6.07, 6.45) is 0. The molecule has 0 spiro atoms. The lowest BCUT2D eigenvalue weighted by atomic mass is 10.1. The number of halogens is 1. The quantitative estimate of drug-likeness (QED) is 0.853. The molecule has 0 aromatic carbocycles. The number of nitrogens with one attached hydrogen (secondary N) is 2. The van der Waals surface area contributed by atoms with E-state index in [-0.39, 0.29) is 22.2 Å². The molecule has 0 saturated carbocycles. The van der Waals surface area contributed by atoms with Crippen molar-refractivity contribution in [1.29, 1.82) is 0 Å². The molecule has 0 aliphatic rings. The van der Waals surface area contributed by atoms with Gasteiger partial charge in [-0.1, -0.05) is 0 Å². The van der Waals surface area contributed by atoms with E-state index in [1.165, 1.54) is 0 Å². The van der Waals surface area contributed by atoms with Crippen LogP contribution in [0.5, 0.6) is 0 Å². The molecule has 0 atom stereocenters. The predicted molar refractivity (Wildman–Crippen MR) is 79.8 cm³/mol. The van der Waals surface area contributed by atoms with Gasteiger partial charge < -0.3 is 5.32 Å². The van der Waals surface area contributed by atoms with Crippen molar-refractivity contribution in [1.82, 2.24) is 10.0 Å². The Hall–Kier alpha value is -0.440. The van der Waals surface area contributed by atoms with E-state index in [0.29, 0.717) is 0 Å². The first-order valence-electron chi connectivity index (χ1n) is 5.58. The molecule has 1 amide bonds. The summed E-state index contributed by atoms with van der Waals surface area (Å²) in [5, 5.41) is 2.69. The Labute approximate surface area is 126 Å². The lowest BCUT2D eigenvalue weighted by Crippen LogP contribution is -2.45. The fourth-order valence-electron chi connectivity index (χ4n) is 1.26. The number of amides is 1. The summed E-state index contributed by atoms with van der Waals surface area (Å²) in [7, 11) is -3.63. The topological polar surface area (TPSA) is 75.3 Å². The molecule has 0 bridgehead atoms. The molecule has 0 unspecified atom stereocenters. The smallest absolute Gasteiger partial charge is 0.250 e. The molecule has 5 nitrogen and oxygen atoms in total. The second kappa shape index (κ2) is 5.90. The molecule has 1 rings (SSSR count). The summed E-state index contributed by atoms with van der Waals surface area (Å²) >= 11 is 4.40. The van der Waals surface area contributed by atoms with Gasteiger partial charge in [0.15, 0.2) is 0 Å². The summed E-state index contributed by atoms with van der Waals surface area (Å²) in [5.74, 6) is -0.358. The van der Waals surface area contributed by atoms with Crippen molar-refractivity contribution in [2.45, 2.75) is 37.4 Å². The number of thiophene rings is 1. The normalized spacial score (nSPS) is 12.5. The number of hydrogen-bond donors (Lipinski definition) is 2. The van der Waals surface area contributed by atoms with Crippen LogP contribution in [0.4, 0.5) is 0 Å². The summed E-state index contributed by atoms with van der Waals surface area (Å²) in [4.78, 5) is 11.6. The largest absolute Gasteiger partial charge is 0.350 e. The molecule has 8 heteroatoms. The van der Waals surface area contributed by atoms with Crippen LogP contribution in [0.15, 0.2) is 14.1 Å². The zero-order valence-electron chi connectivity index (χ0n) is 11.2. The van der Waals surface area contributed by atoms with Gasteiger partial charge >= 0.3 is 0 Å². The average Bonchev–Trinajstić information content (AvgIpc) is 2.55. The fraction of sp³-hybridized carbons (Fsp3) is 0.545. The van der Waals surface area contributed by atoms with Gasteiger partial charge in [-0.15, -0.1) is 11.3 Å². The summed E-state index contributed by atoms with van der Waals surface area (Å²) in [6, 6.07) is 1.57. The molecule has 19 heavy (non-hydrogen) atoms. The summed E-state index contributed by atoms with van der Waals surface area (Å²) in [5.41, 5.74) is 0.468. The second-order valence-electron chi connectivity index (χ2n) is 5.14. The minimum absolute atomic E-state index is 0.195. The molecule has 0 aliphatic carbocycles. The van der Waals surface area contributed by atoms with Crippen LogP contribution in [0.3, 0.4) is 0 Å². The second-order valence-corrected chi connectivity index (χ2v) is 9.51. The molecule has 0 fully saturated rings. The van der Waals surface area contributed by atoms with Crippen LogP contribution in [0.25, 0.3) is 0 Å². The highest BCUT2D eigenvalue weighted by molar-refractivity contribution is 9.11. The van der Waals surface area contributed by atoms with Gasteiger partial charge in [-0.2, -0.15) is 0 Å². The van der Waals surface area contributed by atoms with Crippen molar-refractivity contribution in [3.63, 3.8) is 0 Å². The molecule has 1 aromatic heterocycles. The van der Waals surface area contributed by atoms with E-state index in [1.54, 1.807) is 6.07 Å². The maximum atomic E-state index is 12.0. The number of rotatable bonds is 4. The average molecular weight is 369 g/mol. The molecular formula is C11H17BrN2O3S2. The minimum atomic E-state index is -3.63. The zero-order chi connectivity index (χ0) is 14.8. The van der Waals surface area contributed by atoms with Crippen LogP contribution < -0.4 is 10.0 Å². The maximum Gasteiger partial charge on any atom is 0.250 e. The number of hydrogen-bond acceptors (Lipinski definition) is 4. The molecular weight excluding hydrogens is 352 g/mol. The van der Waals surface area contributed by atoms with Crippen LogP contribution in [0.1, 0.15) is 26.3 Å². The van der Waals surface area contributed by atoms with Gasteiger partial charge in [0.2, 0.25) is 5.91 Å². The van der Waals surface area contributed by atoms with E-state index in [9.17, 15) is 13.2 Å². The third-order valence-electron chi connectivity index (χ3n) is 2.04. The Bertz CT molecular complexity index is 554. The molecule has 0 aliphatic heterocycles. The molecule has 1 heterocycles. The van der Waals surface area contributed by atoms with Gasteiger partial charge in [-0.25, -0.2) is 13.1 Å². The fourth-order valence-corrected chi connectivity index (χ4v) is 4.51. The van der Waals surface area contributed by atoms with Crippen molar-refractivity contribution >= 4 is 43.2 Å². The van der Waals surface area contributed by atoms with E-state index in [1.807, 2.05) is 27.7 Å². The predicted octanol–water partition coefficient (Wildman–Crippen LogP) is 2.01. The van der Waals surface area contributed by atoms with E-state index in [0.717, 1.165) is 20.7 Å². The molecule has 0 radical (unpaired) electrons. The van der Waals surface area contributed by atoms with Gasteiger partial charge in [-0.05, 0) is 55.3 Å². The van der Waals surface area contributed by atoms with Gasteiger partial charge in [0.05, 0.1) is 10.3 Å². The lowest BCUT2D eigenvalue weighted by molar-refractivity contribution is -0.121. The first-order chi connectivity index (χ1) is 8.51. The number of aryl methyl sites for hydroxylation is 1. The van der Waals surface area contributed by atoms with Crippen LogP contribution in [-0.4, -0.2) is 26.4 Å². The molecule has 2 N–H and O–H groups in total. The SMILES string of the molecule is Cc1cc(S(=O)(=O)NCC(=O)NC(C)(C)C)sc1Br. The maximum absolute atomic E-state index is 12.0. The van der Waals surface area contributed by atoms with E-state index in [2.05, 4.69) is 26.0 Å². The summed E-state index contributed by atoms with van der Waals surface area (Å²) in [6.45, 7) is 7.04. The highest BCUT2D eigenvalue weighted by Crippen LogP contribution is 2.30. The Balaban J connectivity index is 2.69. The van der Waals surface area contributed by atoms with Gasteiger partial charge in [0.25, 0.3) is 10.0 Å². The van der Waals surface area contributed by atoms with Crippen molar-refractivity contribution in [3.8, 4) is 0 Å². The first kappa shape index (κ1) is 16.6. The van der Waals surface area contributed by atoms with E-state index < -0.39 is 10.0 Å². The number of carbonyl (C=O) groups excluding carboxylic acids is 1. The lowest BCUT2D eigenvalue weighted by Gasteiger charge is -2.20. The van der Waals surface area contributed by atoms with E-state index >= 15 is 0 Å². The Kier molecular flexibility index (Phi) is 5.16. The van der Waals surface area contributed by atoms with Crippen molar-refractivity contribution in [3.05, 3.63) is 15.4 Å². The van der Waals surface area contributed by atoms with Crippen LogP contribution >= 0.6 is 27.3 Å². The van der Waals surface area contributed by atoms with E-state index in [4.69, 9.17) is 0 Å². The monoisotopic (exact) mass is 368 g/mol. The molecule has 108 valence electrons. The highest BCUT2D eigenvalue weighted by Gasteiger charge is 2.20. The van der Waals surface area contributed by atoms with Gasteiger partial charge in [0.1, 0.15) is 4.21 Å². The number of carbonyl (C=O) groups is 1. The third kappa shape index (κ3) is 5.21. The van der Waals surface area contributed by atoms with Gasteiger partial charge in [0, 0.05) is 5.54 Å². The Morgan fingerprint density at radius 1 is 1.42 bits per heavy atom. The molecule has 0 saturated heterocycles. The van der Waals surface area contributed by atoms with Crippen LogP contribution in [0, 0.1) is 6.92 Å². The first-order valence-corrected chi connectivity index (χ1v) is 8.67. The Morgan fingerprint density at radius 2 is 2.00 bits per heavy atom.